The third-order valence-corrected chi connectivity index (χ3v) is 13.9. The summed E-state index contributed by atoms with van der Waals surface area (Å²) >= 11 is 0. The van der Waals surface area contributed by atoms with E-state index in [2.05, 4.69) is 127 Å². The van der Waals surface area contributed by atoms with Crippen LogP contribution in [0.25, 0.3) is 16.7 Å². The van der Waals surface area contributed by atoms with E-state index in [-0.39, 0.29) is 0 Å². The number of allylic oxidation sites excluding steroid dienone is 18. The highest BCUT2D eigenvalue weighted by molar-refractivity contribution is 5.75. The Morgan fingerprint density at radius 2 is 1.66 bits per heavy atom. The molecule has 0 saturated heterocycles. The van der Waals surface area contributed by atoms with Crippen molar-refractivity contribution in [2.24, 2.45) is 17.8 Å². The molecule has 8 aliphatic rings. The minimum atomic E-state index is 0.411. The van der Waals surface area contributed by atoms with E-state index in [0.717, 1.165) is 50.6 Å². The summed E-state index contributed by atoms with van der Waals surface area (Å²) in [5.41, 5.74) is 17.4. The maximum atomic E-state index is 5.29. The molecule has 0 amide bonds. The van der Waals surface area contributed by atoms with Gasteiger partial charge in [-0.2, -0.15) is 0 Å². The highest BCUT2D eigenvalue weighted by Crippen LogP contribution is 2.52. The van der Waals surface area contributed by atoms with Crippen molar-refractivity contribution in [3.63, 3.8) is 0 Å². The second kappa shape index (κ2) is 14.1. The van der Waals surface area contributed by atoms with Crippen molar-refractivity contribution >= 4 is 16.7 Å². The van der Waals surface area contributed by atoms with Crippen molar-refractivity contribution < 1.29 is 0 Å². The molecule has 0 spiro atoms. The van der Waals surface area contributed by atoms with Crippen molar-refractivity contribution in [1.29, 1.82) is 0 Å². The van der Waals surface area contributed by atoms with E-state index in [1.165, 1.54) is 66.5 Å². The quantitative estimate of drug-likeness (QED) is 0.299. The molecule has 6 atom stereocenters. The second-order valence-electron chi connectivity index (χ2n) is 16.9. The number of aromatic nitrogens is 1. The molecule has 2 nitrogen and oxygen atoms in total. The highest BCUT2D eigenvalue weighted by atomic mass is 15.2. The maximum Gasteiger partial charge on any atom is 0.0708 e. The number of hydrogen-bond acceptors (Lipinski definition) is 2. The molecule has 2 aromatic rings. The van der Waals surface area contributed by atoms with Crippen molar-refractivity contribution in [3.8, 4) is 0 Å². The Balaban J connectivity index is 0.960. The molecule has 10 rings (SSSR count). The van der Waals surface area contributed by atoms with E-state index >= 15 is 0 Å². The molecular formula is C51H54N2. The second-order valence-corrected chi connectivity index (χ2v) is 16.9. The van der Waals surface area contributed by atoms with Crippen LogP contribution in [-0.4, -0.2) is 15.9 Å². The van der Waals surface area contributed by atoms with Crippen LogP contribution in [0.2, 0.25) is 0 Å². The van der Waals surface area contributed by atoms with Gasteiger partial charge in [-0.25, -0.2) is 4.98 Å². The third kappa shape index (κ3) is 6.07. The summed E-state index contributed by atoms with van der Waals surface area (Å²) in [5, 5.41) is 0. The molecule has 2 heterocycles. The van der Waals surface area contributed by atoms with Crippen LogP contribution in [-0.2, 0) is 6.42 Å². The Morgan fingerprint density at radius 1 is 0.755 bits per heavy atom. The lowest BCUT2D eigenvalue weighted by Crippen LogP contribution is -2.35. The fourth-order valence-electron chi connectivity index (χ4n) is 11.1. The molecule has 0 saturated carbocycles. The van der Waals surface area contributed by atoms with Gasteiger partial charge in [0.25, 0.3) is 0 Å². The molecule has 1 aliphatic heterocycles. The summed E-state index contributed by atoms with van der Waals surface area (Å²) in [7, 11) is 0. The van der Waals surface area contributed by atoms with Crippen LogP contribution in [0.3, 0.4) is 0 Å². The first-order valence-corrected chi connectivity index (χ1v) is 21.0. The van der Waals surface area contributed by atoms with Gasteiger partial charge in [-0.15, -0.1) is 0 Å². The van der Waals surface area contributed by atoms with Gasteiger partial charge in [-0.05, 0) is 158 Å². The molecule has 1 aromatic carbocycles. The number of hydrogen-bond donors (Lipinski definition) is 0. The summed E-state index contributed by atoms with van der Waals surface area (Å²) in [4.78, 5) is 8.11. The summed E-state index contributed by atoms with van der Waals surface area (Å²) < 4.78 is 0. The number of fused-ring (bicyclic) bond motifs is 5. The van der Waals surface area contributed by atoms with Gasteiger partial charge in [0.15, 0.2) is 0 Å². The van der Waals surface area contributed by atoms with Crippen molar-refractivity contribution in [2.45, 2.75) is 108 Å². The van der Waals surface area contributed by atoms with E-state index in [4.69, 9.17) is 4.98 Å². The molecule has 53 heavy (non-hydrogen) atoms. The molecule has 0 radical (unpaired) electrons. The number of benzene rings is 1. The van der Waals surface area contributed by atoms with Gasteiger partial charge in [0.05, 0.1) is 11.4 Å². The summed E-state index contributed by atoms with van der Waals surface area (Å²) in [6, 6.07) is 13.1. The van der Waals surface area contributed by atoms with E-state index in [0.29, 0.717) is 35.6 Å². The first kappa shape index (κ1) is 33.2. The number of rotatable bonds is 6. The van der Waals surface area contributed by atoms with Gasteiger partial charge >= 0.3 is 0 Å². The van der Waals surface area contributed by atoms with Crippen LogP contribution in [0.5, 0.6) is 0 Å². The fourth-order valence-corrected chi connectivity index (χ4v) is 11.1. The van der Waals surface area contributed by atoms with Gasteiger partial charge in [0.1, 0.15) is 0 Å². The van der Waals surface area contributed by atoms with Crippen LogP contribution in [0.4, 0.5) is 0 Å². The van der Waals surface area contributed by atoms with Gasteiger partial charge < -0.3 is 4.90 Å². The van der Waals surface area contributed by atoms with E-state index in [1.807, 2.05) is 0 Å². The predicted octanol–water partition coefficient (Wildman–Crippen LogP) is 12.9. The normalized spacial score (nSPS) is 29.1. The monoisotopic (exact) mass is 694 g/mol. The molecule has 0 fully saturated rings. The smallest absolute Gasteiger partial charge is 0.0708 e. The average Bonchev–Trinajstić information content (AvgIpc) is 3.57. The van der Waals surface area contributed by atoms with Crippen LogP contribution >= 0.6 is 0 Å². The zero-order valence-corrected chi connectivity index (χ0v) is 31.5. The van der Waals surface area contributed by atoms with E-state index in [1.54, 1.807) is 33.7 Å². The molecule has 268 valence electrons. The number of nitrogens with zero attached hydrogens (tertiary/aromatic N) is 2. The minimum absolute atomic E-state index is 0.411. The lowest BCUT2D eigenvalue weighted by Gasteiger charge is -2.42. The largest absolute Gasteiger partial charge is 0.345 e. The van der Waals surface area contributed by atoms with Crippen LogP contribution < -0.4 is 0 Å². The first-order valence-electron chi connectivity index (χ1n) is 21.0. The molecule has 0 N–H and O–H groups in total. The summed E-state index contributed by atoms with van der Waals surface area (Å²) in [5.74, 6) is 2.44. The SMILES string of the molecule is C[C@@H](c1cc(C2=CCCC=C2)nc(C2=CC=CCC2)c1)C1Cc2ccc(C3=CCC4C(C3)C3=C(CCC=C3)N4C3=CCCCC3)cc2C2C=CC=CC21. The lowest BCUT2D eigenvalue weighted by atomic mass is 9.62. The zero-order valence-electron chi connectivity index (χ0n) is 31.5. The van der Waals surface area contributed by atoms with Crippen molar-refractivity contribution in [1.82, 2.24) is 9.88 Å². The van der Waals surface area contributed by atoms with Gasteiger partial charge in [0, 0.05) is 29.3 Å². The Bertz CT molecular complexity index is 2120. The first-order chi connectivity index (χ1) is 26.2. The molecule has 0 bridgehead atoms. The van der Waals surface area contributed by atoms with Gasteiger partial charge in [-0.3, -0.25) is 0 Å². The lowest BCUT2D eigenvalue weighted by molar-refractivity contribution is 0.268. The molecule has 2 heteroatoms. The van der Waals surface area contributed by atoms with Crippen molar-refractivity contribution in [3.05, 3.63) is 166 Å². The average molecular weight is 695 g/mol. The topological polar surface area (TPSA) is 16.1 Å². The van der Waals surface area contributed by atoms with E-state index in [9.17, 15) is 0 Å². The Hall–Kier alpha value is -4.43. The standard InChI is InChI=1S/C51H54N2/c1-34(40-32-48(35-15-5-2-6-16-35)52-49(33-40)36-17-7-3-8-18-36)45-31-39-26-25-37(29-46(39)43-22-12-11-21-42(43)45)38-27-28-51-47(30-38)44-23-13-14-24-50(44)53(51)41-19-9-4-10-20-41/h2,5,7,11-13,15,17-19,21-23,25-27,29,32-34,42-43,45,47,51H,3-4,6,8-10,14,16,20,24,28,30-31H2,1H3/t34-,42?,43?,45?,47?,51?/m0/s1. The summed E-state index contributed by atoms with van der Waals surface area (Å²) in [6.45, 7) is 2.50. The van der Waals surface area contributed by atoms with Crippen LogP contribution in [0.15, 0.2) is 132 Å². The number of pyridine rings is 1. The Labute approximate surface area is 317 Å². The Kier molecular flexibility index (Phi) is 8.82. The zero-order chi connectivity index (χ0) is 35.3. The van der Waals surface area contributed by atoms with Gasteiger partial charge in [0.2, 0.25) is 0 Å². The maximum absolute atomic E-state index is 5.29. The van der Waals surface area contributed by atoms with Crippen LogP contribution in [0.1, 0.15) is 129 Å². The van der Waals surface area contributed by atoms with Crippen LogP contribution in [0, 0.1) is 17.8 Å². The fraction of sp³-hybridized carbons (Fsp3) is 0.392. The molecule has 7 aliphatic carbocycles. The molecule has 1 aromatic heterocycles. The Morgan fingerprint density at radius 3 is 2.53 bits per heavy atom. The van der Waals surface area contributed by atoms with Gasteiger partial charge in [-0.1, -0.05) is 110 Å². The third-order valence-electron chi connectivity index (χ3n) is 13.9. The predicted molar refractivity (Wildman–Crippen MR) is 222 cm³/mol. The minimum Gasteiger partial charge on any atom is -0.345 e. The highest BCUT2D eigenvalue weighted by Gasteiger charge is 2.43. The summed E-state index contributed by atoms with van der Waals surface area (Å²) in [6.07, 6.45) is 49.0. The van der Waals surface area contributed by atoms with E-state index < -0.39 is 0 Å². The molecular weight excluding hydrogens is 641 g/mol. The van der Waals surface area contributed by atoms with Crippen molar-refractivity contribution in [2.75, 3.05) is 0 Å². The molecule has 5 unspecified atom stereocenters.